The highest BCUT2D eigenvalue weighted by atomic mass is 19.4. The number of carbonyl (C=O) groups is 1. The number of nitrogens with zero attached hydrogens (tertiary/aromatic N) is 2. The lowest BCUT2D eigenvalue weighted by atomic mass is 9.99. The number of ketones is 1. The van der Waals surface area contributed by atoms with Crippen molar-refractivity contribution < 1.29 is 18.0 Å². The van der Waals surface area contributed by atoms with E-state index in [1.165, 1.54) is 6.07 Å². The minimum absolute atomic E-state index is 0.0748. The summed E-state index contributed by atoms with van der Waals surface area (Å²) in [5, 5.41) is 0.852. The highest BCUT2D eigenvalue weighted by Gasteiger charge is 2.31. The van der Waals surface area contributed by atoms with Gasteiger partial charge < -0.3 is 0 Å². The van der Waals surface area contributed by atoms with Gasteiger partial charge in [0.15, 0.2) is 5.78 Å². The molecule has 4 aromatic rings. The molecular formula is C24H19F3N2O. The maximum Gasteiger partial charge on any atom is 0.417 e. The molecule has 30 heavy (non-hydrogen) atoms. The first-order chi connectivity index (χ1) is 14.4. The maximum absolute atomic E-state index is 13.2. The van der Waals surface area contributed by atoms with Crippen LogP contribution in [0.4, 0.5) is 13.2 Å². The van der Waals surface area contributed by atoms with E-state index in [2.05, 4.69) is 4.98 Å². The monoisotopic (exact) mass is 408 g/mol. The molecule has 0 bridgehead atoms. The lowest BCUT2D eigenvalue weighted by molar-refractivity contribution is -0.137. The number of Topliss-reactive ketones (excluding diaryl/α,β-unsaturated/α-hetero) is 1. The molecule has 2 aromatic carbocycles. The van der Waals surface area contributed by atoms with Gasteiger partial charge in [-0.1, -0.05) is 55.5 Å². The van der Waals surface area contributed by atoms with Gasteiger partial charge in [-0.25, -0.2) is 4.98 Å². The Balaban J connectivity index is 2.04. The van der Waals surface area contributed by atoms with E-state index in [1.54, 1.807) is 4.57 Å². The molecule has 0 radical (unpaired) electrons. The maximum atomic E-state index is 13.2. The third-order valence-corrected chi connectivity index (χ3v) is 4.98. The molecule has 0 unspecified atom stereocenters. The molecule has 6 heteroatoms. The Morgan fingerprint density at radius 3 is 2.30 bits per heavy atom. The summed E-state index contributed by atoms with van der Waals surface area (Å²) in [6.45, 7) is 1.92. The number of para-hydroxylation sites is 1. The third-order valence-electron chi connectivity index (χ3n) is 4.98. The Bertz CT molecular complexity index is 1190. The van der Waals surface area contributed by atoms with Gasteiger partial charge in [0.2, 0.25) is 0 Å². The van der Waals surface area contributed by atoms with Gasteiger partial charge >= 0.3 is 6.18 Å². The van der Waals surface area contributed by atoms with Crippen molar-refractivity contribution in [3.05, 3.63) is 84.2 Å². The molecule has 4 rings (SSSR count). The first-order valence-electron chi connectivity index (χ1n) is 9.67. The van der Waals surface area contributed by atoms with Crippen LogP contribution in [0, 0.1) is 0 Å². The minimum Gasteiger partial charge on any atom is -0.292 e. The number of fused-ring (bicyclic) bond motifs is 1. The van der Waals surface area contributed by atoms with Gasteiger partial charge in [0, 0.05) is 23.6 Å². The Morgan fingerprint density at radius 1 is 0.967 bits per heavy atom. The van der Waals surface area contributed by atoms with Crippen LogP contribution in [0.5, 0.6) is 0 Å². The second-order valence-electron chi connectivity index (χ2n) is 7.02. The summed E-state index contributed by atoms with van der Waals surface area (Å²) in [5.41, 5.74) is 1.98. The predicted octanol–water partition coefficient (Wildman–Crippen LogP) is 6.69. The highest BCUT2D eigenvalue weighted by Crippen LogP contribution is 2.38. The fraction of sp³-hybridized carbons (Fsp3) is 0.167. The number of alkyl halides is 3. The second kappa shape index (κ2) is 7.78. The molecule has 0 aliphatic rings. The van der Waals surface area contributed by atoms with Gasteiger partial charge in [0.05, 0.1) is 16.8 Å². The van der Waals surface area contributed by atoms with Crippen LogP contribution in [-0.2, 0) is 6.18 Å². The number of benzene rings is 2. The molecule has 3 nitrogen and oxygen atoms in total. The van der Waals surface area contributed by atoms with Crippen molar-refractivity contribution in [3.8, 4) is 16.9 Å². The van der Waals surface area contributed by atoms with E-state index in [-0.39, 0.29) is 11.6 Å². The molecule has 2 heterocycles. The van der Waals surface area contributed by atoms with E-state index in [1.807, 2.05) is 61.5 Å². The van der Waals surface area contributed by atoms with Crippen molar-refractivity contribution >= 4 is 16.7 Å². The topological polar surface area (TPSA) is 34.9 Å². The van der Waals surface area contributed by atoms with Crippen molar-refractivity contribution in [2.45, 2.75) is 25.9 Å². The van der Waals surface area contributed by atoms with Crippen LogP contribution in [0.15, 0.2) is 72.9 Å². The number of hydrogen-bond donors (Lipinski definition) is 0. The third kappa shape index (κ3) is 3.49. The smallest absolute Gasteiger partial charge is 0.292 e. The lowest BCUT2D eigenvalue weighted by Gasteiger charge is -2.12. The van der Waals surface area contributed by atoms with Gasteiger partial charge in [-0.3, -0.25) is 9.36 Å². The zero-order valence-electron chi connectivity index (χ0n) is 16.3. The average molecular weight is 408 g/mol. The average Bonchev–Trinajstić information content (AvgIpc) is 3.09. The van der Waals surface area contributed by atoms with Crippen LogP contribution < -0.4 is 0 Å². The Labute approximate surface area is 171 Å². The van der Waals surface area contributed by atoms with Crippen LogP contribution in [0.3, 0.4) is 0 Å². The Kier molecular flexibility index (Phi) is 5.16. The first kappa shape index (κ1) is 19.9. The van der Waals surface area contributed by atoms with E-state index >= 15 is 0 Å². The van der Waals surface area contributed by atoms with Gasteiger partial charge in [-0.05, 0) is 30.2 Å². The van der Waals surface area contributed by atoms with Crippen LogP contribution in [0.25, 0.3) is 27.8 Å². The lowest BCUT2D eigenvalue weighted by Crippen LogP contribution is -2.11. The summed E-state index contributed by atoms with van der Waals surface area (Å²) in [6.07, 6.45) is -2.67. The van der Waals surface area contributed by atoms with Crippen molar-refractivity contribution in [2.75, 3.05) is 0 Å². The van der Waals surface area contributed by atoms with Gasteiger partial charge in [0.1, 0.15) is 5.82 Å². The molecule has 0 aliphatic carbocycles. The molecule has 0 saturated carbocycles. The predicted molar refractivity (Wildman–Crippen MR) is 111 cm³/mol. The molecule has 152 valence electrons. The molecule has 2 aromatic heterocycles. The van der Waals surface area contributed by atoms with Crippen LogP contribution in [0.2, 0.25) is 0 Å². The minimum atomic E-state index is -4.47. The SMILES string of the molecule is CCCC(=O)c1c(-c2ccccc2)c2ccccc2n1-c1ccc(C(F)(F)F)cn1. The molecule has 0 amide bonds. The Morgan fingerprint density at radius 2 is 1.67 bits per heavy atom. The molecule has 0 saturated heterocycles. The fourth-order valence-corrected chi connectivity index (χ4v) is 3.67. The van der Waals surface area contributed by atoms with Crippen LogP contribution >= 0.6 is 0 Å². The van der Waals surface area contributed by atoms with Crippen molar-refractivity contribution in [2.24, 2.45) is 0 Å². The number of hydrogen-bond acceptors (Lipinski definition) is 2. The summed E-state index contributed by atoms with van der Waals surface area (Å²) in [7, 11) is 0. The molecule has 0 fully saturated rings. The zero-order chi connectivity index (χ0) is 21.3. The standard InChI is InChI=1S/C24H19F3N2O/c1-2-8-20(30)23-22(16-9-4-3-5-10-16)18-11-6-7-12-19(18)29(23)21-14-13-17(15-28-21)24(25,26)27/h3-7,9-15H,2,8H2,1H3. The molecule has 0 spiro atoms. The molecule has 0 aliphatic heterocycles. The van der Waals surface area contributed by atoms with Crippen LogP contribution in [0.1, 0.15) is 35.8 Å². The van der Waals surface area contributed by atoms with Gasteiger partial charge in [-0.15, -0.1) is 0 Å². The normalized spacial score (nSPS) is 11.7. The highest BCUT2D eigenvalue weighted by molar-refractivity contribution is 6.11. The molecule has 0 N–H and O–H groups in total. The number of pyridine rings is 1. The van der Waals surface area contributed by atoms with E-state index in [4.69, 9.17) is 0 Å². The number of rotatable bonds is 5. The van der Waals surface area contributed by atoms with Crippen LogP contribution in [-0.4, -0.2) is 15.3 Å². The van der Waals surface area contributed by atoms with E-state index < -0.39 is 11.7 Å². The summed E-state index contributed by atoms with van der Waals surface area (Å²) >= 11 is 0. The summed E-state index contributed by atoms with van der Waals surface area (Å²) in [5.74, 6) is 0.204. The second-order valence-corrected chi connectivity index (χ2v) is 7.02. The fourth-order valence-electron chi connectivity index (χ4n) is 3.67. The first-order valence-corrected chi connectivity index (χ1v) is 9.67. The summed E-state index contributed by atoms with van der Waals surface area (Å²) in [6, 6.07) is 19.3. The molecular weight excluding hydrogens is 389 g/mol. The van der Waals surface area contributed by atoms with Gasteiger partial charge in [0.25, 0.3) is 0 Å². The largest absolute Gasteiger partial charge is 0.417 e. The number of aromatic nitrogens is 2. The van der Waals surface area contributed by atoms with E-state index in [0.717, 1.165) is 34.3 Å². The van der Waals surface area contributed by atoms with E-state index in [0.29, 0.717) is 18.5 Å². The summed E-state index contributed by atoms with van der Waals surface area (Å²) in [4.78, 5) is 17.3. The van der Waals surface area contributed by atoms with Crippen molar-refractivity contribution in [1.82, 2.24) is 9.55 Å². The quantitative estimate of drug-likeness (QED) is 0.345. The molecule has 0 atom stereocenters. The van der Waals surface area contributed by atoms with Crippen molar-refractivity contribution in [1.29, 1.82) is 0 Å². The van der Waals surface area contributed by atoms with Gasteiger partial charge in [-0.2, -0.15) is 13.2 Å². The van der Waals surface area contributed by atoms with E-state index in [9.17, 15) is 18.0 Å². The number of halogens is 3. The Hall–Kier alpha value is -3.41. The number of carbonyl (C=O) groups excluding carboxylic acids is 1. The zero-order valence-corrected chi connectivity index (χ0v) is 16.3. The summed E-state index contributed by atoms with van der Waals surface area (Å²) < 4.78 is 40.7. The van der Waals surface area contributed by atoms with Crippen molar-refractivity contribution in [3.63, 3.8) is 0 Å².